The molecule has 0 spiro atoms. The summed E-state index contributed by atoms with van der Waals surface area (Å²) in [5.41, 5.74) is 2.64. The Morgan fingerprint density at radius 1 is 1.47 bits per heavy atom. The minimum absolute atomic E-state index is 0.649. The van der Waals surface area contributed by atoms with Crippen molar-refractivity contribution < 1.29 is 4.74 Å². The second-order valence-corrected chi connectivity index (χ2v) is 4.89. The smallest absolute Gasteiger partial charge is 0.127 e. The van der Waals surface area contributed by atoms with Gasteiger partial charge in [-0.05, 0) is 42.6 Å². The zero-order valence-electron chi connectivity index (χ0n) is 10.9. The number of nitrogens with zero attached hydrogens (tertiary/aromatic N) is 2. The summed E-state index contributed by atoms with van der Waals surface area (Å²) in [5.74, 6) is 0.865. The van der Waals surface area contributed by atoms with Crippen LogP contribution >= 0.6 is 11.5 Å². The average molecular weight is 273 g/mol. The fourth-order valence-corrected chi connectivity index (χ4v) is 2.54. The van der Waals surface area contributed by atoms with Crippen molar-refractivity contribution in [1.29, 1.82) is 5.26 Å². The zero-order valence-corrected chi connectivity index (χ0v) is 11.8. The summed E-state index contributed by atoms with van der Waals surface area (Å²) in [7, 11) is 1.66. The predicted molar refractivity (Wildman–Crippen MR) is 76.8 cm³/mol. The Morgan fingerprint density at radius 3 is 3.05 bits per heavy atom. The van der Waals surface area contributed by atoms with Crippen LogP contribution in [0.25, 0.3) is 0 Å². The zero-order chi connectivity index (χ0) is 13.7. The van der Waals surface area contributed by atoms with Crippen molar-refractivity contribution in [3.63, 3.8) is 0 Å². The maximum atomic E-state index is 9.03. The van der Waals surface area contributed by atoms with E-state index in [4.69, 9.17) is 10.00 Å². The first-order chi connectivity index (χ1) is 9.24. The van der Waals surface area contributed by atoms with Crippen molar-refractivity contribution in [2.45, 2.75) is 13.3 Å². The Balaban J connectivity index is 1.94. The van der Waals surface area contributed by atoms with Gasteiger partial charge in [0.05, 0.1) is 12.8 Å². The number of benzene rings is 1. The minimum atomic E-state index is 0.649. The molecule has 0 aliphatic heterocycles. The van der Waals surface area contributed by atoms with E-state index in [1.54, 1.807) is 7.11 Å². The van der Waals surface area contributed by atoms with Crippen molar-refractivity contribution in [3.8, 4) is 11.8 Å². The molecule has 0 radical (unpaired) electrons. The van der Waals surface area contributed by atoms with E-state index in [1.807, 2.05) is 25.1 Å². The molecule has 0 saturated heterocycles. The van der Waals surface area contributed by atoms with Gasteiger partial charge in [-0.25, -0.2) is 0 Å². The molecule has 0 atom stereocenters. The number of aryl methyl sites for hydroxylation is 1. The highest BCUT2D eigenvalue weighted by molar-refractivity contribution is 7.10. The molecule has 0 fully saturated rings. The molecule has 2 aromatic rings. The van der Waals surface area contributed by atoms with E-state index in [0.29, 0.717) is 5.56 Å². The molecule has 0 bridgehead atoms. The van der Waals surface area contributed by atoms with Crippen LogP contribution in [0.1, 0.15) is 16.8 Å². The molecule has 1 aromatic carbocycles. The molecule has 4 nitrogen and oxygen atoms in total. The van der Waals surface area contributed by atoms with Crippen LogP contribution in [0.2, 0.25) is 0 Å². The van der Waals surface area contributed by atoms with Crippen LogP contribution < -0.4 is 10.1 Å². The van der Waals surface area contributed by atoms with E-state index >= 15 is 0 Å². The van der Waals surface area contributed by atoms with E-state index < -0.39 is 0 Å². The number of methoxy groups -OCH3 is 1. The van der Waals surface area contributed by atoms with E-state index in [0.717, 1.165) is 29.4 Å². The van der Waals surface area contributed by atoms with Gasteiger partial charge in [0.25, 0.3) is 0 Å². The molecule has 1 heterocycles. The molecule has 19 heavy (non-hydrogen) atoms. The lowest BCUT2D eigenvalue weighted by atomic mass is 10.1. The lowest BCUT2D eigenvalue weighted by Gasteiger charge is -2.06. The van der Waals surface area contributed by atoms with Gasteiger partial charge in [-0.2, -0.15) is 9.64 Å². The Labute approximate surface area is 116 Å². The highest BCUT2D eigenvalue weighted by Crippen LogP contribution is 2.23. The van der Waals surface area contributed by atoms with Gasteiger partial charge >= 0.3 is 0 Å². The molecule has 2 rings (SSSR count). The number of nitriles is 1. The third kappa shape index (κ3) is 3.24. The second-order valence-electron chi connectivity index (χ2n) is 4.11. The molecule has 1 N–H and O–H groups in total. The van der Waals surface area contributed by atoms with Gasteiger partial charge in [0.1, 0.15) is 22.4 Å². The Kier molecular flexibility index (Phi) is 4.37. The third-order valence-electron chi connectivity index (χ3n) is 2.81. The van der Waals surface area contributed by atoms with Gasteiger partial charge in [0, 0.05) is 6.54 Å². The first kappa shape index (κ1) is 13.4. The van der Waals surface area contributed by atoms with Gasteiger partial charge in [0.15, 0.2) is 0 Å². The number of hydrogen-bond donors (Lipinski definition) is 1. The summed E-state index contributed by atoms with van der Waals surface area (Å²) >= 11 is 1.34. The fourth-order valence-electron chi connectivity index (χ4n) is 1.77. The molecular weight excluding hydrogens is 258 g/mol. The Bertz CT molecular complexity index is 601. The lowest BCUT2D eigenvalue weighted by Crippen LogP contribution is -2.04. The summed E-state index contributed by atoms with van der Waals surface area (Å²) in [4.78, 5) is 0. The highest BCUT2D eigenvalue weighted by atomic mass is 32.1. The van der Waals surface area contributed by atoms with Gasteiger partial charge < -0.3 is 10.1 Å². The summed E-state index contributed by atoms with van der Waals surface area (Å²) in [6, 6.07) is 10.2. The average Bonchev–Trinajstić information content (AvgIpc) is 2.79. The maximum absolute atomic E-state index is 9.03. The molecule has 0 aliphatic rings. The van der Waals surface area contributed by atoms with Crippen LogP contribution in [0.15, 0.2) is 24.3 Å². The molecule has 0 unspecified atom stereocenters. The number of hydrogen-bond acceptors (Lipinski definition) is 5. The van der Waals surface area contributed by atoms with E-state index in [-0.39, 0.29) is 0 Å². The number of aromatic nitrogens is 1. The first-order valence-electron chi connectivity index (χ1n) is 5.97. The Hall–Kier alpha value is -2.06. The number of ether oxygens (including phenoxy) is 1. The molecular formula is C14H15N3OS. The van der Waals surface area contributed by atoms with Crippen molar-refractivity contribution in [2.75, 3.05) is 19.0 Å². The van der Waals surface area contributed by atoms with Gasteiger partial charge in [-0.3, -0.25) is 0 Å². The Morgan fingerprint density at radius 2 is 2.32 bits per heavy atom. The number of nitrogens with one attached hydrogen (secondary N) is 1. The van der Waals surface area contributed by atoms with E-state index in [1.165, 1.54) is 17.1 Å². The molecule has 1 aromatic heterocycles. The van der Waals surface area contributed by atoms with Gasteiger partial charge in [-0.15, -0.1) is 0 Å². The number of rotatable bonds is 5. The van der Waals surface area contributed by atoms with Crippen molar-refractivity contribution in [2.24, 2.45) is 0 Å². The van der Waals surface area contributed by atoms with Crippen molar-refractivity contribution >= 4 is 16.5 Å². The van der Waals surface area contributed by atoms with Crippen LogP contribution in [-0.2, 0) is 6.42 Å². The topological polar surface area (TPSA) is 57.9 Å². The summed E-state index contributed by atoms with van der Waals surface area (Å²) in [6.45, 7) is 2.62. The van der Waals surface area contributed by atoms with Crippen molar-refractivity contribution in [3.05, 3.63) is 41.1 Å². The normalized spacial score (nSPS) is 9.95. The van der Waals surface area contributed by atoms with Crippen LogP contribution in [0.5, 0.6) is 5.75 Å². The molecule has 0 saturated carbocycles. The number of anilines is 1. The standard InChI is InChI=1S/C14H15N3OS/c1-10-13(9-15)14(19-17-10)16-7-6-11-4-3-5-12(8-11)18-2/h3-5,8,16H,6-7H2,1-2H3. The monoisotopic (exact) mass is 273 g/mol. The predicted octanol–water partition coefficient (Wildman–Crippen LogP) is 2.99. The lowest BCUT2D eigenvalue weighted by molar-refractivity contribution is 0.414. The first-order valence-corrected chi connectivity index (χ1v) is 6.75. The summed E-state index contributed by atoms with van der Waals surface area (Å²) in [6.07, 6.45) is 0.874. The molecule has 5 heteroatoms. The summed E-state index contributed by atoms with van der Waals surface area (Å²) < 4.78 is 9.36. The molecule has 0 amide bonds. The minimum Gasteiger partial charge on any atom is -0.497 e. The van der Waals surface area contributed by atoms with Crippen LogP contribution in [0.3, 0.4) is 0 Å². The fraction of sp³-hybridized carbons (Fsp3) is 0.286. The highest BCUT2D eigenvalue weighted by Gasteiger charge is 2.09. The largest absolute Gasteiger partial charge is 0.497 e. The van der Waals surface area contributed by atoms with Gasteiger partial charge in [-0.1, -0.05) is 12.1 Å². The van der Waals surface area contributed by atoms with Crippen molar-refractivity contribution in [1.82, 2.24) is 4.37 Å². The summed E-state index contributed by atoms with van der Waals surface area (Å²) in [5, 5.41) is 13.1. The van der Waals surface area contributed by atoms with Gasteiger partial charge in [0.2, 0.25) is 0 Å². The van der Waals surface area contributed by atoms with Crippen LogP contribution in [0, 0.1) is 18.3 Å². The quantitative estimate of drug-likeness (QED) is 0.910. The van der Waals surface area contributed by atoms with E-state index in [2.05, 4.69) is 21.8 Å². The SMILES string of the molecule is COc1cccc(CCNc2snc(C)c2C#N)c1. The second kappa shape index (κ2) is 6.21. The van der Waals surface area contributed by atoms with Crippen LogP contribution in [-0.4, -0.2) is 18.0 Å². The maximum Gasteiger partial charge on any atom is 0.127 e. The third-order valence-corrected chi connectivity index (χ3v) is 3.70. The van der Waals surface area contributed by atoms with E-state index in [9.17, 15) is 0 Å². The molecule has 98 valence electrons. The molecule has 0 aliphatic carbocycles. The van der Waals surface area contributed by atoms with Crippen LogP contribution in [0.4, 0.5) is 5.00 Å².